The van der Waals surface area contributed by atoms with Gasteiger partial charge < -0.3 is 10.2 Å². The number of allylic oxidation sites excluding steroid dienone is 2. The summed E-state index contributed by atoms with van der Waals surface area (Å²) in [6, 6.07) is 10.3. The summed E-state index contributed by atoms with van der Waals surface area (Å²) in [4.78, 5) is 27.3. The van der Waals surface area contributed by atoms with Crippen LogP contribution in [0.2, 0.25) is 0 Å². The first kappa shape index (κ1) is 18.3. The van der Waals surface area contributed by atoms with Crippen molar-refractivity contribution in [2.24, 2.45) is 17.3 Å². The van der Waals surface area contributed by atoms with E-state index < -0.39 is 0 Å². The average Bonchev–Trinajstić information content (AvgIpc) is 3.43. The largest absolute Gasteiger partial charge is 0.356 e. The number of benzene rings is 1. The Morgan fingerprint density at radius 2 is 1.89 bits per heavy atom. The SMILES string of the molecule is O=C(NCCc1ccccc1)C1CC12CCN(C(=O)C1CC=CCC1)CC2. The van der Waals surface area contributed by atoms with Crippen LogP contribution in [-0.2, 0) is 16.0 Å². The first-order chi connectivity index (χ1) is 13.2. The lowest BCUT2D eigenvalue weighted by molar-refractivity contribution is -0.137. The Balaban J connectivity index is 1.21. The maximum absolute atomic E-state index is 12.7. The van der Waals surface area contributed by atoms with E-state index in [0.717, 1.165) is 58.0 Å². The normalized spacial score (nSPS) is 26.0. The van der Waals surface area contributed by atoms with Gasteiger partial charge in [0, 0.05) is 31.5 Å². The molecule has 1 heterocycles. The molecule has 4 rings (SSSR count). The molecule has 2 amide bonds. The lowest BCUT2D eigenvalue weighted by atomic mass is 9.88. The zero-order chi connectivity index (χ0) is 18.7. The van der Waals surface area contributed by atoms with Crippen molar-refractivity contribution in [2.75, 3.05) is 19.6 Å². The lowest BCUT2D eigenvalue weighted by Crippen LogP contribution is -2.43. The molecule has 2 atom stereocenters. The number of nitrogens with zero attached hydrogens (tertiary/aromatic N) is 1. The highest BCUT2D eigenvalue weighted by atomic mass is 16.2. The van der Waals surface area contributed by atoms with Gasteiger partial charge in [0.15, 0.2) is 0 Å². The molecule has 1 aromatic rings. The molecule has 1 saturated carbocycles. The second-order valence-corrected chi connectivity index (χ2v) is 8.45. The Kier molecular flexibility index (Phi) is 5.33. The van der Waals surface area contributed by atoms with Gasteiger partial charge in [-0.15, -0.1) is 0 Å². The molecule has 1 spiro atoms. The van der Waals surface area contributed by atoms with Crippen molar-refractivity contribution in [3.8, 4) is 0 Å². The van der Waals surface area contributed by atoms with E-state index in [0.29, 0.717) is 12.5 Å². The zero-order valence-corrected chi connectivity index (χ0v) is 16.0. The topological polar surface area (TPSA) is 49.4 Å². The number of hydrogen-bond acceptors (Lipinski definition) is 2. The number of amides is 2. The van der Waals surface area contributed by atoms with Crippen LogP contribution in [0.4, 0.5) is 0 Å². The molecule has 1 saturated heterocycles. The molecule has 0 radical (unpaired) electrons. The molecular weight excluding hydrogens is 336 g/mol. The zero-order valence-electron chi connectivity index (χ0n) is 16.0. The minimum absolute atomic E-state index is 0.156. The fourth-order valence-corrected chi connectivity index (χ4v) is 4.82. The van der Waals surface area contributed by atoms with Crippen molar-refractivity contribution >= 4 is 11.8 Å². The van der Waals surface area contributed by atoms with E-state index in [4.69, 9.17) is 0 Å². The summed E-state index contributed by atoms with van der Waals surface area (Å²) in [6.45, 7) is 2.36. The fraction of sp³-hybridized carbons (Fsp3) is 0.565. The van der Waals surface area contributed by atoms with Crippen LogP contribution in [0.3, 0.4) is 0 Å². The van der Waals surface area contributed by atoms with Gasteiger partial charge in [-0.25, -0.2) is 0 Å². The quantitative estimate of drug-likeness (QED) is 0.813. The standard InChI is InChI=1S/C23H30N2O2/c26-21(24-14-11-18-7-3-1-4-8-18)20-17-23(20)12-15-25(16-13-23)22(27)19-9-5-2-6-10-19/h1-5,7-8,19-20H,6,9-17H2,(H,24,26). The van der Waals surface area contributed by atoms with Crippen LogP contribution in [0.5, 0.6) is 0 Å². The Morgan fingerprint density at radius 1 is 1.11 bits per heavy atom. The molecule has 2 aliphatic carbocycles. The van der Waals surface area contributed by atoms with Crippen LogP contribution in [0.25, 0.3) is 0 Å². The molecule has 3 aliphatic rings. The van der Waals surface area contributed by atoms with Crippen LogP contribution in [0.1, 0.15) is 44.1 Å². The van der Waals surface area contributed by atoms with Gasteiger partial charge in [-0.2, -0.15) is 0 Å². The van der Waals surface area contributed by atoms with Crippen LogP contribution < -0.4 is 5.32 Å². The second kappa shape index (κ2) is 7.87. The van der Waals surface area contributed by atoms with Crippen molar-refractivity contribution < 1.29 is 9.59 Å². The Labute approximate surface area is 162 Å². The highest BCUT2D eigenvalue weighted by molar-refractivity contribution is 5.83. The van der Waals surface area contributed by atoms with Crippen molar-refractivity contribution in [1.82, 2.24) is 10.2 Å². The number of likely N-dealkylation sites (tertiary alicyclic amines) is 1. The molecule has 4 heteroatoms. The minimum Gasteiger partial charge on any atom is -0.356 e. The molecule has 0 bridgehead atoms. The molecule has 2 fully saturated rings. The van der Waals surface area contributed by atoms with Gasteiger partial charge in [0.05, 0.1) is 0 Å². The highest BCUT2D eigenvalue weighted by Crippen LogP contribution is 2.59. The van der Waals surface area contributed by atoms with Gasteiger partial charge in [-0.3, -0.25) is 9.59 Å². The summed E-state index contributed by atoms with van der Waals surface area (Å²) < 4.78 is 0. The van der Waals surface area contributed by atoms with E-state index in [2.05, 4.69) is 34.5 Å². The summed E-state index contributed by atoms with van der Waals surface area (Å²) in [5.74, 6) is 0.880. The minimum atomic E-state index is 0.156. The second-order valence-electron chi connectivity index (χ2n) is 8.45. The predicted octanol–water partition coefficient (Wildman–Crippen LogP) is 3.33. The monoisotopic (exact) mass is 366 g/mol. The first-order valence-electron chi connectivity index (χ1n) is 10.4. The molecule has 1 aromatic carbocycles. The van der Waals surface area contributed by atoms with E-state index in [9.17, 15) is 9.59 Å². The van der Waals surface area contributed by atoms with Crippen molar-refractivity contribution in [1.29, 1.82) is 0 Å². The van der Waals surface area contributed by atoms with Gasteiger partial charge in [0.25, 0.3) is 0 Å². The third-order valence-corrected chi connectivity index (χ3v) is 6.75. The number of carbonyl (C=O) groups excluding carboxylic acids is 2. The Bertz CT molecular complexity index is 704. The molecule has 144 valence electrons. The summed E-state index contributed by atoms with van der Waals surface area (Å²) >= 11 is 0. The van der Waals surface area contributed by atoms with E-state index in [1.807, 2.05) is 18.2 Å². The molecule has 27 heavy (non-hydrogen) atoms. The van der Waals surface area contributed by atoms with Gasteiger partial charge in [-0.1, -0.05) is 42.5 Å². The molecular formula is C23H30N2O2. The van der Waals surface area contributed by atoms with E-state index >= 15 is 0 Å². The maximum atomic E-state index is 12.7. The number of nitrogens with one attached hydrogen (secondary N) is 1. The smallest absolute Gasteiger partial charge is 0.226 e. The number of piperidine rings is 1. The summed E-state index contributed by atoms with van der Waals surface area (Å²) in [5.41, 5.74) is 1.42. The summed E-state index contributed by atoms with van der Waals surface area (Å²) in [5, 5.41) is 3.12. The molecule has 4 nitrogen and oxygen atoms in total. The van der Waals surface area contributed by atoms with E-state index in [1.54, 1.807) is 0 Å². The molecule has 2 unspecified atom stereocenters. The van der Waals surface area contributed by atoms with Gasteiger partial charge in [0.2, 0.25) is 11.8 Å². The summed E-state index contributed by atoms with van der Waals surface area (Å²) in [6.07, 6.45) is 11.1. The predicted molar refractivity (Wildman–Crippen MR) is 106 cm³/mol. The first-order valence-corrected chi connectivity index (χ1v) is 10.4. The Morgan fingerprint density at radius 3 is 2.59 bits per heavy atom. The third-order valence-electron chi connectivity index (χ3n) is 6.75. The maximum Gasteiger partial charge on any atom is 0.226 e. The van der Waals surface area contributed by atoms with E-state index in [1.165, 1.54) is 5.56 Å². The van der Waals surface area contributed by atoms with E-state index in [-0.39, 0.29) is 23.2 Å². The van der Waals surface area contributed by atoms with Crippen molar-refractivity contribution in [3.63, 3.8) is 0 Å². The lowest BCUT2D eigenvalue weighted by Gasteiger charge is -2.35. The molecule has 1 N–H and O–H groups in total. The van der Waals surface area contributed by atoms with Crippen LogP contribution in [0.15, 0.2) is 42.5 Å². The number of rotatable bonds is 5. The van der Waals surface area contributed by atoms with Gasteiger partial charge >= 0.3 is 0 Å². The van der Waals surface area contributed by atoms with Crippen LogP contribution in [-0.4, -0.2) is 36.3 Å². The Hall–Kier alpha value is -2.10. The molecule has 0 aromatic heterocycles. The highest BCUT2D eigenvalue weighted by Gasteiger charge is 2.58. The van der Waals surface area contributed by atoms with Crippen LogP contribution in [0, 0.1) is 17.3 Å². The fourth-order valence-electron chi connectivity index (χ4n) is 4.82. The summed E-state index contributed by atoms with van der Waals surface area (Å²) in [7, 11) is 0. The van der Waals surface area contributed by atoms with Gasteiger partial charge in [0.1, 0.15) is 0 Å². The average molecular weight is 367 g/mol. The van der Waals surface area contributed by atoms with Crippen molar-refractivity contribution in [2.45, 2.75) is 44.9 Å². The third kappa shape index (κ3) is 4.10. The number of hydrogen-bond donors (Lipinski definition) is 1. The van der Waals surface area contributed by atoms with Gasteiger partial charge in [-0.05, 0) is 55.9 Å². The molecule has 1 aliphatic heterocycles. The van der Waals surface area contributed by atoms with Crippen molar-refractivity contribution in [3.05, 3.63) is 48.0 Å². The van der Waals surface area contributed by atoms with Crippen LogP contribution >= 0.6 is 0 Å². The number of carbonyl (C=O) groups is 2.